The molecule has 1 heterocycles. The van der Waals surface area contributed by atoms with Crippen LogP contribution in [0.15, 0.2) is 18.3 Å². The van der Waals surface area contributed by atoms with Crippen LogP contribution in [0, 0.1) is 5.41 Å². The average molecular weight is 261 g/mol. The monoisotopic (exact) mass is 261 g/mol. The summed E-state index contributed by atoms with van der Waals surface area (Å²) < 4.78 is 0. The normalized spacial score (nSPS) is 19.1. The van der Waals surface area contributed by atoms with E-state index in [2.05, 4.69) is 18.8 Å². The van der Waals surface area contributed by atoms with E-state index in [0.717, 1.165) is 25.7 Å². The molecule has 1 aliphatic carbocycles. The third kappa shape index (κ3) is 3.06. The topological polar surface area (TPSA) is 59.2 Å². The quantitative estimate of drug-likeness (QED) is 0.890. The van der Waals surface area contributed by atoms with Crippen molar-refractivity contribution in [3.8, 4) is 0 Å². The minimum atomic E-state index is -0.0668. The third-order valence-corrected chi connectivity index (χ3v) is 4.22. The first-order chi connectivity index (χ1) is 8.91. The highest BCUT2D eigenvalue weighted by Crippen LogP contribution is 2.36. The van der Waals surface area contributed by atoms with Crippen LogP contribution in [0.5, 0.6) is 0 Å². The van der Waals surface area contributed by atoms with Gasteiger partial charge in [0.1, 0.15) is 0 Å². The Morgan fingerprint density at radius 1 is 1.42 bits per heavy atom. The zero-order valence-corrected chi connectivity index (χ0v) is 12.0. The molecule has 0 spiro atoms. The van der Waals surface area contributed by atoms with E-state index in [0.29, 0.717) is 22.8 Å². The molecule has 1 aliphatic rings. The van der Waals surface area contributed by atoms with Gasteiger partial charge in [-0.2, -0.15) is 0 Å². The number of rotatable bonds is 2. The lowest BCUT2D eigenvalue weighted by atomic mass is 9.75. The molecular formula is C15H23N3O. The van der Waals surface area contributed by atoms with Crippen molar-refractivity contribution in [2.24, 2.45) is 5.41 Å². The molecule has 0 bridgehead atoms. The number of carbonyl (C=O) groups excluding carboxylic acids is 1. The summed E-state index contributed by atoms with van der Waals surface area (Å²) in [5, 5.41) is 0. The summed E-state index contributed by atoms with van der Waals surface area (Å²) in [5.41, 5.74) is 7.05. The summed E-state index contributed by atoms with van der Waals surface area (Å²) in [6.45, 7) is 4.59. The van der Waals surface area contributed by atoms with Gasteiger partial charge in [0, 0.05) is 19.3 Å². The van der Waals surface area contributed by atoms with Crippen LogP contribution in [0.3, 0.4) is 0 Å². The number of carbonyl (C=O) groups is 1. The molecule has 1 fully saturated rings. The minimum Gasteiger partial charge on any atom is -0.397 e. The summed E-state index contributed by atoms with van der Waals surface area (Å²) in [4.78, 5) is 18.3. The molecule has 1 aromatic rings. The van der Waals surface area contributed by atoms with Crippen molar-refractivity contribution < 1.29 is 4.79 Å². The predicted octanol–water partition coefficient (Wildman–Crippen LogP) is 2.70. The molecule has 1 amide bonds. The summed E-state index contributed by atoms with van der Waals surface area (Å²) in [5.74, 6) is -0.0668. The first-order valence-corrected chi connectivity index (χ1v) is 6.88. The van der Waals surface area contributed by atoms with Crippen LogP contribution in [0.2, 0.25) is 0 Å². The van der Waals surface area contributed by atoms with Crippen LogP contribution in [-0.2, 0) is 0 Å². The maximum Gasteiger partial charge on any atom is 0.274 e. The predicted molar refractivity (Wildman–Crippen MR) is 76.8 cm³/mol. The zero-order valence-electron chi connectivity index (χ0n) is 12.0. The fourth-order valence-electron chi connectivity index (χ4n) is 2.70. The van der Waals surface area contributed by atoms with E-state index in [4.69, 9.17) is 5.73 Å². The Balaban J connectivity index is 2.06. The van der Waals surface area contributed by atoms with Gasteiger partial charge >= 0.3 is 0 Å². The molecule has 4 heteroatoms. The van der Waals surface area contributed by atoms with Gasteiger partial charge in [-0.3, -0.25) is 4.79 Å². The Morgan fingerprint density at radius 3 is 2.63 bits per heavy atom. The Kier molecular flexibility index (Phi) is 3.78. The highest BCUT2D eigenvalue weighted by Gasteiger charge is 2.31. The standard InChI is InChI=1S/C15H23N3O/c1-15(2)8-6-11(7-9-15)18(3)14(19)13-12(16)5-4-10-17-13/h4-5,10-11H,6-9,16H2,1-3H3. The Hall–Kier alpha value is -1.58. The number of nitrogens with zero attached hydrogens (tertiary/aromatic N) is 2. The van der Waals surface area contributed by atoms with Gasteiger partial charge in [-0.1, -0.05) is 13.8 Å². The smallest absolute Gasteiger partial charge is 0.274 e. The van der Waals surface area contributed by atoms with Gasteiger partial charge in [0.25, 0.3) is 5.91 Å². The molecule has 0 aliphatic heterocycles. The molecule has 1 aromatic heterocycles. The lowest BCUT2D eigenvalue weighted by Gasteiger charge is -2.38. The number of nitrogen functional groups attached to an aromatic ring is 1. The molecule has 2 rings (SSSR count). The van der Waals surface area contributed by atoms with Crippen molar-refractivity contribution in [3.05, 3.63) is 24.0 Å². The number of aromatic nitrogens is 1. The second-order valence-corrected chi connectivity index (χ2v) is 6.25. The highest BCUT2D eigenvalue weighted by molar-refractivity contribution is 5.97. The van der Waals surface area contributed by atoms with Gasteiger partial charge < -0.3 is 10.6 Å². The van der Waals surface area contributed by atoms with E-state index in [1.807, 2.05) is 11.9 Å². The molecule has 2 N–H and O–H groups in total. The number of nitrogens with two attached hydrogens (primary N) is 1. The largest absolute Gasteiger partial charge is 0.397 e. The van der Waals surface area contributed by atoms with E-state index in [1.165, 1.54) is 0 Å². The van der Waals surface area contributed by atoms with E-state index in [1.54, 1.807) is 18.3 Å². The Bertz CT molecular complexity index is 460. The second kappa shape index (κ2) is 5.19. The molecule has 19 heavy (non-hydrogen) atoms. The second-order valence-electron chi connectivity index (χ2n) is 6.25. The molecule has 0 saturated heterocycles. The Labute approximate surface area is 115 Å². The maximum absolute atomic E-state index is 12.4. The first-order valence-electron chi connectivity index (χ1n) is 6.88. The van der Waals surface area contributed by atoms with Crippen LogP contribution in [0.1, 0.15) is 50.0 Å². The lowest BCUT2D eigenvalue weighted by molar-refractivity contribution is 0.0631. The Morgan fingerprint density at radius 2 is 2.05 bits per heavy atom. The van der Waals surface area contributed by atoms with Crippen LogP contribution in [-0.4, -0.2) is 28.9 Å². The number of hydrogen-bond donors (Lipinski definition) is 1. The fraction of sp³-hybridized carbons (Fsp3) is 0.600. The van der Waals surface area contributed by atoms with E-state index >= 15 is 0 Å². The average Bonchev–Trinajstić information content (AvgIpc) is 2.38. The first kappa shape index (κ1) is 13.8. The van der Waals surface area contributed by atoms with Crippen molar-refractivity contribution in [1.82, 2.24) is 9.88 Å². The minimum absolute atomic E-state index is 0.0668. The van der Waals surface area contributed by atoms with E-state index in [9.17, 15) is 4.79 Å². The van der Waals surface area contributed by atoms with Crippen LogP contribution in [0.4, 0.5) is 5.69 Å². The van der Waals surface area contributed by atoms with Crippen molar-refractivity contribution in [3.63, 3.8) is 0 Å². The molecule has 0 atom stereocenters. The van der Waals surface area contributed by atoms with Crippen LogP contribution >= 0.6 is 0 Å². The third-order valence-electron chi connectivity index (χ3n) is 4.22. The highest BCUT2D eigenvalue weighted by atomic mass is 16.2. The van der Waals surface area contributed by atoms with Gasteiger partial charge in [-0.15, -0.1) is 0 Å². The van der Waals surface area contributed by atoms with Gasteiger partial charge in [-0.25, -0.2) is 4.98 Å². The number of hydrogen-bond acceptors (Lipinski definition) is 3. The summed E-state index contributed by atoms with van der Waals surface area (Å²) in [6.07, 6.45) is 6.05. The van der Waals surface area contributed by atoms with Crippen molar-refractivity contribution in [2.45, 2.75) is 45.6 Å². The van der Waals surface area contributed by atoms with E-state index in [-0.39, 0.29) is 5.91 Å². The van der Waals surface area contributed by atoms with Gasteiger partial charge in [-0.05, 0) is 43.2 Å². The molecule has 4 nitrogen and oxygen atoms in total. The molecule has 0 unspecified atom stereocenters. The number of pyridine rings is 1. The number of amides is 1. The lowest BCUT2D eigenvalue weighted by Crippen LogP contribution is -2.41. The van der Waals surface area contributed by atoms with Crippen molar-refractivity contribution in [2.75, 3.05) is 12.8 Å². The summed E-state index contributed by atoms with van der Waals surface area (Å²) in [7, 11) is 1.86. The van der Waals surface area contributed by atoms with E-state index < -0.39 is 0 Å². The SMILES string of the molecule is CN(C(=O)c1ncccc1N)C1CCC(C)(C)CC1. The number of anilines is 1. The maximum atomic E-state index is 12.4. The van der Waals surface area contributed by atoms with Crippen molar-refractivity contribution in [1.29, 1.82) is 0 Å². The van der Waals surface area contributed by atoms with Gasteiger partial charge in [0.15, 0.2) is 5.69 Å². The van der Waals surface area contributed by atoms with Gasteiger partial charge in [0.2, 0.25) is 0 Å². The summed E-state index contributed by atoms with van der Waals surface area (Å²) >= 11 is 0. The van der Waals surface area contributed by atoms with Crippen molar-refractivity contribution >= 4 is 11.6 Å². The van der Waals surface area contributed by atoms with Crippen LogP contribution < -0.4 is 5.73 Å². The molecule has 0 radical (unpaired) electrons. The zero-order chi connectivity index (χ0) is 14.0. The molecule has 0 aromatic carbocycles. The van der Waals surface area contributed by atoms with Gasteiger partial charge in [0.05, 0.1) is 5.69 Å². The van der Waals surface area contributed by atoms with Crippen LogP contribution in [0.25, 0.3) is 0 Å². The fourth-order valence-corrected chi connectivity index (χ4v) is 2.70. The molecule has 1 saturated carbocycles. The molecular weight excluding hydrogens is 238 g/mol. The summed E-state index contributed by atoms with van der Waals surface area (Å²) in [6, 6.07) is 3.77. The molecule has 104 valence electrons.